The summed E-state index contributed by atoms with van der Waals surface area (Å²) in [6, 6.07) is 4.39. The zero-order valence-electron chi connectivity index (χ0n) is 12.5. The molecule has 0 aliphatic carbocycles. The maximum Gasteiger partial charge on any atom is 0.314 e. The summed E-state index contributed by atoms with van der Waals surface area (Å²) in [7, 11) is 1.26. The number of carbonyl (C=O) groups excluding carboxylic acids is 3. The lowest BCUT2D eigenvalue weighted by Crippen LogP contribution is -2.38. The van der Waals surface area contributed by atoms with E-state index in [1.165, 1.54) is 24.5 Å². The molecule has 0 radical (unpaired) electrons. The topological polar surface area (TPSA) is 111 Å². The first-order chi connectivity index (χ1) is 11.0. The third kappa shape index (κ3) is 4.65. The van der Waals surface area contributed by atoms with Crippen molar-refractivity contribution in [1.29, 1.82) is 0 Å². The van der Waals surface area contributed by atoms with Crippen LogP contribution in [0.2, 0.25) is 0 Å². The quantitative estimate of drug-likeness (QED) is 0.630. The molecule has 0 aliphatic heterocycles. The molecule has 9 heteroatoms. The standard InChI is InChI=1S/C14H15N3O5S/c1-8-6-11(17-22-8)16-14(20)13(19)15-9(7-12(18)21-2)10-4-3-5-23-10/h3-6,9H,7H2,1-2H3,(H,15,19)(H,16,17,20). The van der Waals surface area contributed by atoms with E-state index in [1.54, 1.807) is 19.1 Å². The SMILES string of the molecule is COC(=O)CC(NC(=O)C(=O)Nc1cc(C)on1)c1cccs1. The van der Waals surface area contributed by atoms with Gasteiger partial charge in [0.2, 0.25) is 0 Å². The fourth-order valence-corrected chi connectivity index (χ4v) is 2.56. The molecule has 23 heavy (non-hydrogen) atoms. The Morgan fingerprint density at radius 1 is 1.39 bits per heavy atom. The summed E-state index contributed by atoms with van der Waals surface area (Å²) in [5.41, 5.74) is 0. The molecule has 0 bridgehead atoms. The predicted molar refractivity (Wildman–Crippen MR) is 81.7 cm³/mol. The fourth-order valence-electron chi connectivity index (χ4n) is 1.78. The van der Waals surface area contributed by atoms with Gasteiger partial charge in [-0.3, -0.25) is 19.7 Å². The van der Waals surface area contributed by atoms with Gasteiger partial charge in [0.25, 0.3) is 0 Å². The van der Waals surface area contributed by atoms with E-state index in [9.17, 15) is 14.4 Å². The van der Waals surface area contributed by atoms with Crippen molar-refractivity contribution in [1.82, 2.24) is 10.5 Å². The van der Waals surface area contributed by atoms with Gasteiger partial charge in [0, 0.05) is 10.9 Å². The first-order valence-electron chi connectivity index (χ1n) is 6.65. The molecule has 0 aromatic carbocycles. The fraction of sp³-hybridized carbons (Fsp3) is 0.286. The predicted octanol–water partition coefficient (Wildman–Crippen LogP) is 1.40. The average molecular weight is 337 g/mol. The van der Waals surface area contributed by atoms with E-state index in [0.717, 1.165) is 4.88 Å². The number of hydrogen-bond donors (Lipinski definition) is 2. The highest BCUT2D eigenvalue weighted by atomic mass is 32.1. The number of aryl methyl sites for hydroxylation is 1. The summed E-state index contributed by atoms with van der Waals surface area (Å²) in [6.07, 6.45) is -0.0703. The van der Waals surface area contributed by atoms with Crippen LogP contribution in [-0.2, 0) is 19.1 Å². The zero-order valence-corrected chi connectivity index (χ0v) is 13.3. The van der Waals surface area contributed by atoms with Crippen molar-refractivity contribution in [3.8, 4) is 0 Å². The number of thiophene rings is 1. The van der Waals surface area contributed by atoms with Crippen LogP contribution in [0.4, 0.5) is 5.82 Å². The van der Waals surface area contributed by atoms with Crippen LogP contribution in [0.1, 0.15) is 23.1 Å². The molecular weight excluding hydrogens is 322 g/mol. The van der Waals surface area contributed by atoms with Crippen LogP contribution in [0, 0.1) is 6.92 Å². The van der Waals surface area contributed by atoms with E-state index < -0.39 is 23.8 Å². The van der Waals surface area contributed by atoms with Crippen molar-refractivity contribution >= 4 is 34.9 Å². The molecular formula is C14H15N3O5S. The molecule has 8 nitrogen and oxygen atoms in total. The summed E-state index contributed by atoms with van der Waals surface area (Å²) < 4.78 is 9.41. The molecule has 122 valence electrons. The number of carbonyl (C=O) groups is 3. The molecule has 2 N–H and O–H groups in total. The molecule has 1 unspecified atom stereocenters. The van der Waals surface area contributed by atoms with Crippen molar-refractivity contribution in [2.75, 3.05) is 12.4 Å². The molecule has 2 amide bonds. The summed E-state index contributed by atoms with van der Waals surface area (Å²) >= 11 is 1.36. The van der Waals surface area contributed by atoms with Gasteiger partial charge in [-0.25, -0.2) is 0 Å². The molecule has 0 saturated heterocycles. The summed E-state index contributed by atoms with van der Waals surface area (Å²) in [4.78, 5) is 36.1. The minimum atomic E-state index is -0.898. The number of ether oxygens (including phenoxy) is 1. The Labute approximate surface area is 135 Å². The molecule has 1 atom stereocenters. The number of methoxy groups -OCH3 is 1. The Balaban J connectivity index is 2.01. The minimum absolute atomic E-state index is 0.0703. The number of aromatic nitrogens is 1. The number of anilines is 1. The minimum Gasteiger partial charge on any atom is -0.469 e. The van der Waals surface area contributed by atoms with Gasteiger partial charge in [-0.2, -0.15) is 0 Å². The van der Waals surface area contributed by atoms with Gasteiger partial charge in [0.1, 0.15) is 5.76 Å². The van der Waals surface area contributed by atoms with Gasteiger partial charge in [-0.1, -0.05) is 11.2 Å². The smallest absolute Gasteiger partial charge is 0.314 e. The van der Waals surface area contributed by atoms with E-state index in [1.807, 2.05) is 5.38 Å². The van der Waals surface area contributed by atoms with Crippen LogP contribution in [0.15, 0.2) is 28.1 Å². The number of nitrogens with zero attached hydrogens (tertiary/aromatic N) is 1. The Morgan fingerprint density at radius 3 is 2.74 bits per heavy atom. The molecule has 0 spiro atoms. The van der Waals surface area contributed by atoms with Gasteiger partial charge >= 0.3 is 17.8 Å². The van der Waals surface area contributed by atoms with E-state index in [-0.39, 0.29) is 12.2 Å². The van der Waals surface area contributed by atoms with Crippen LogP contribution >= 0.6 is 11.3 Å². The van der Waals surface area contributed by atoms with Gasteiger partial charge in [-0.05, 0) is 18.4 Å². The van der Waals surface area contributed by atoms with E-state index in [4.69, 9.17) is 4.52 Å². The molecule has 0 fully saturated rings. The van der Waals surface area contributed by atoms with E-state index in [0.29, 0.717) is 5.76 Å². The highest BCUT2D eigenvalue weighted by Crippen LogP contribution is 2.22. The Bertz CT molecular complexity index is 695. The van der Waals surface area contributed by atoms with Gasteiger partial charge in [0.15, 0.2) is 5.82 Å². The molecule has 0 saturated carbocycles. The van der Waals surface area contributed by atoms with E-state index in [2.05, 4.69) is 20.5 Å². The average Bonchev–Trinajstić information content (AvgIpc) is 3.18. The van der Waals surface area contributed by atoms with Crippen LogP contribution in [0.5, 0.6) is 0 Å². The van der Waals surface area contributed by atoms with Crippen molar-refractivity contribution in [3.05, 3.63) is 34.2 Å². The highest BCUT2D eigenvalue weighted by Gasteiger charge is 2.24. The molecule has 2 rings (SSSR count). The summed E-state index contributed by atoms with van der Waals surface area (Å²) in [5, 5.41) is 10.2. The second-order valence-corrected chi connectivity index (χ2v) is 5.58. The Kier molecular flexibility index (Phi) is 5.47. The number of rotatable bonds is 5. The summed E-state index contributed by atoms with van der Waals surface area (Å²) in [5.74, 6) is -1.62. The van der Waals surface area contributed by atoms with Gasteiger partial charge in [-0.15, -0.1) is 11.3 Å². The summed E-state index contributed by atoms with van der Waals surface area (Å²) in [6.45, 7) is 1.66. The molecule has 2 aromatic heterocycles. The lowest BCUT2D eigenvalue weighted by molar-refractivity contribution is -0.142. The van der Waals surface area contributed by atoms with Crippen molar-refractivity contribution in [2.24, 2.45) is 0 Å². The van der Waals surface area contributed by atoms with Crippen LogP contribution in [0.3, 0.4) is 0 Å². The Morgan fingerprint density at radius 2 is 2.17 bits per heavy atom. The number of esters is 1. The molecule has 2 heterocycles. The number of nitrogens with one attached hydrogen (secondary N) is 2. The lowest BCUT2D eigenvalue weighted by Gasteiger charge is -2.15. The molecule has 0 aliphatic rings. The third-order valence-electron chi connectivity index (χ3n) is 2.87. The Hall–Kier alpha value is -2.68. The maximum atomic E-state index is 12.0. The van der Waals surface area contributed by atoms with Crippen molar-refractivity contribution < 1.29 is 23.6 Å². The van der Waals surface area contributed by atoms with Crippen LogP contribution in [-0.4, -0.2) is 30.1 Å². The van der Waals surface area contributed by atoms with Gasteiger partial charge in [0.05, 0.1) is 19.6 Å². The number of hydrogen-bond acceptors (Lipinski definition) is 7. The zero-order chi connectivity index (χ0) is 16.8. The second-order valence-electron chi connectivity index (χ2n) is 4.60. The maximum absolute atomic E-state index is 12.0. The van der Waals surface area contributed by atoms with Crippen LogP contribution < -0.4 is 10.6 Å². The van der Waals surface area contributed by atoms with Crippen molar-refractivity contribution in [2.45, 2.75) is 19.4 Å². The number of amides is 2. The van der Waals surface area contributed by atoms with E-state index >= 15 is 0 Å². The monoisotopic (exact) mass is 337 g/mol. The second kappa shape index (κ2) is 7.54. The van der Waals surface area contributed by atoms with Crippen LogP contribution in [0.25, 0.3) is 0 Å². The highest BCUT2D eigenvalue weighted by molar-refractivity contribution is 7.10. The van der Waals surface area contributed by atoms with Crippen molar-refractivity contribution in [3.63, 3.8) is 0 Å². The third-order valence-corrected chi connectivity index (χ3v) is 3.85. The normalized spacial score (nSPS) is 11.6. The van der Waals surface area contributed by atoms with Gasteiger partial charge < -0.3 is 14.6 Å². The first kappa shape index (κ1) is 16.7. The molecule has 2 aromatic rings. The first-order valence-corrected chi connectivity index (χ1v) is 7.53. The largest absolute Gasteiger partial charge is 0.469 e. The lowest BCUT2D eigenvalue weighted by atomic mass is 10.1.